The number of anilines is 2. The fraction of sp³-hybridized carbons (Fsp3) is 0.273. The maximum Gasteiger partial charge on any atom is 0.310 e. The van der Waals surface area contributed by atoms with E-state index in [2.05, 4.69) is 16.0 Å². The lowest BCUT2D eigenvalue weighted by Gasteiger charge is -2.10. The van der Waals surface area contributed by atoms with Crippen LogP contribution in [0.5, 0.6) is 0 Å². The summed E-state index contributed by atoms with van der Waals surface area (Å²) in [5.41, 5.74) is 3.01. The highest BCUT2D eigenvalue weighted by atomic mass is 16.5. The SMILES string of the molecule is CCc1ccccc1NC(=O)CNC(=O)COC(=O)Cc1ccc(NC(C)=O)cc1. The number of nitrogens with one attached hydrogen (secondary N) is 3. The Balaban J connectivity index is 1.70. The molecule has 0 bridgehead atoms. The molecule has 0 saturated heterocycles. The quantitative estimate of drug-likeness (QED) is 0.547. The van der Waals surface area contributed by atoms with Crippen LogP contribution < -0.4 is 16.0 Å². The van der Waals surface area contributed by atoms with Crippen molar-refractivity contribution in [2.24, 2.45) is 0 Å². The van der Waals surface area contributed by atoms with Gasteiger partial charge in [-0.25, -0.2) is 0 Å². The summed E-state index contributed by atoms with van der Waals surface area (Å²) in [7, 11) is 0. The van der Waals surface area contributed by atoms with Gasteiger partial charge in [0.05, 0.1) is 13.0 Å². The molecule has 3 N–H and O–H groups in total. The molecule has 0 fully saturated rings. The maximum atomic E-state index is 12.0. The molecule has 8 heteroatoms. The van der Waals surface area contributed by atoms with Gasteiger partial charge < -0.3 is 20.7 Å². The second-order valence-electron chi connectivity index (χ2n) is 6.55. The molecule has 2 aromatic rings. The number of para-hydroxylation sites is 1. The fourth-order valence-corrected chi connectivity index (χ4v) is 2.65. The Bertz CT molecular complexity index is 909. The number of esters is 1. The van der Waals surface area contributed by atoms with Crippen molar-refractivity contribution in [3.63, 3.8) is 0 Å². The van der Waals surface area contributed by atoms with E-state index in [-0.39, 0.29) is 24.8 Å². The Morgan fingerprint density at radius 2 is 1.60 bits per heavy atom. The highest BCUT2D eigenvalue weighted by Gasteiger charge is 2.11. The first-order chi connectivity index (χ1) is 14.4. The van der Waals surface area contributed by atoms with E-state index in [1.54, 1.807) is 30.3 Å². The summed E-state index contributed by atoms with van der Waals surface area (Å²) in [6.45, 7) is 2.70. The molecule has 30 heavy (non-hydrogen) atoms. The van der Waals surface area contributed by atoms with Crippen LogP contribution in [0.1, 0.15) is 25.0 Å². The fourth-order valence-electron chi connectivity index (χ4n) is 2.65. The molecule has 2 aromatic carbocycles. The molecule has 158 valence electrons. The first-order valence-corrected chi connectivity index (χ1v) is 9.54. The van der Waals surface area contributed by atoms with Gasteiger partial charge in [-0.15, -0.1) is 0 Å². The molecule has 0 unspecified atom stereocenters. The zero-order chi connectivity index (χ0) is 21.9. The van der Waals surface area contributed by atoms with Crippen LogP contribution in [0.25, 0.3) is 0 Å². The van der Waals surface area contributed by atoms with E-state index in [9.17, 15) is 19.2 Å². The Hall–Kier alpha value is -3.68. The number of rotatable bonds is 9. The van der Waals surface area contributed by atoms with Gasteiger partial charge in [0.2, 0.25) is 11.8 Å². The van der Waals surface area contributed by atoms with Crippen LogP contribution in [-0.2, 0) is 36.8 Å². The number of carbonyl (C=O) groups is 4. The summed E-state index contributed by atoms with van der Waals surface area (Å²) in [5.74, 6) is -1.69. The van der Waals surface area contributed by atoms with Gasteiger partial charge in [0, 0.05) is 18.3 Å². The number of aryl methyl sites for hydroxylation is 1. The standard InChI is InChI=1S/C22H25N3O5/c1-3-17-6-4-5-7-19(17)25-20(27)13-23-21(28)14-30-22(29)12-16-8-10-18(11-9-16)24-15(2)26/h4-11H,3,12-14H2,1-2H3,(H,23,28)(H,24,26)(H,25,27). The van der Waals surface area contributed by atoms with Crippen LogP contribution >= 0.6 is 0 Å². The molecule has 0 radical (unpaired) electrons. The molecule has 0 aliphatic rings. The molecular weight excluding hydrogens is 386 g/mol. The van der Waals surface area contributed by atoms with Crippen molar-refractivity contribution < 1.29 is 23.9 Å². The minimum absolute atomic E-state index is 0.0120. The van der Waals surface area contributed by atoms with Crippen molar-refractivity contribution in [2.45, 2.75) is 26.7 Å². The van der Waals surface area contributed by atoms with Crippen LogP contribution in [0, 0.1) is 0 Å². The lowest BCUT2D eigenvalue weighted by atomic mass is 10.1. The lowest BCUT2D eigenvalue weighted by molar-refractivity contribution is -0.147. The Morgan fingerprint density at radius 1 is 0.900 bits per heavy atom. The Kier molecular flexibility index (Phi) is 8.56. The largest absolute Gasteiger partial charge is 0.455 e. The van der Waals surface area contributed by atoms with Crippen molar-refractivity contribution in [1.29, 1.82) is 0 Å². The zero-order valence-corrected chi connectivity index (χ0v) is 17.0. The van der Waals surface area contributed by atoms with Crippen molar-refractivity contribution >= 4 is 35.1 Å². The summed E-state index contributed by atoms with van der Waals surface area (Å²) in [5, 5.41) is 7.79. The molecule has 0 heterocycles. The molecule has 8 nitrogen and oxygen atoms in total. The van der Waals surface area contributed by atoms with Gasteiger partial charge in [-0.2, -0.15) is 0 Å². The smallest absolute Gasteiger partial charge is 0.310 e. The van der Waals surface area contributed by atoms with Crippen LogP contribution in [0.3, 0.4) is 0 Å². The number of carbonyl (C=O) groups excluding carboxylic acids is 4. The first-order valence-electron chi connectivity index (χ1n) is 9.54. The molecule has 0 spiro atoms. The number of amides is 3. The lowest BCUT2D eigenvalue weighted by Crippen LogP contribution is -2.35. The summed E-state index contributed by atoms with van der Waals surface area (Å²) in [4.78, 5) is 46.7. The summed E-state index contributed by atoms with van der Waals surface area (Å²) >= 11 is 0. The Labute approximate surface area is 175 Å². The van der Waals surface area contributed by atoms with Gasteiger partial charge in [0.1, 0.15) is 0 Å². The minimum Gasteiger partial charge on any atom is -0.455 e. The number of ether oxygens (including phenoxy) is 1. The van der Waals surface area contributed by atoms with E-state index < -0.39 is 18.5 Å². The predicted molar refractivity (Wildman–Crippen MR) is 113 cm³/mol. The average molecular weight is 411 g/mol. The van der Waals surface area contributed by atoms with E-state index in [0.29, 0.717) is 16.9 Å². The third-order valence-corrected chi connectivity index (χ3v) is 4.11. The van der Waals surface area contributed by atoms with Crippen molar-refractivity contribution in [3.05, 3.63) is 59.7 Å². The highest BCUT2D eigenvalue weighted by Crippen LogP contribution is 2.15. The van der Waals surface area contributed by atoms with Gasteiger partial charge >= 0.3 is 5.97 Å². The zero-order valence-electron chi connectivity index (χ0n) is 17.0. The maximum absolute atomic E-state index is 12.0. The monoisotopic (exact) mass is 411 g/mol. The molecule has 0 atom stereocenters. The highest BCUT2D eigenvalue weighted by molar-refractivity contribution is 5.95. The second kappa shape index (κ2) is 11.4. The van der Waals surface area contributed by atoms with Crippen molar-refractivity contribution in [2.75, 3.05) is 23.8 Å². The van der Waals surface area contributed by atoms with E-state index >= 15 is 0 Å². The first kappa shape index (κ1) is 22.6. The number of hydrogen-bond donors (Lipinski definition) is 3. The predicted octanol–water partition coefficient (Wildman–Crippen LogP) is 2.05. The molecule has 0 aliphatic carbocycles. The van der Waals surface area contributed by atoms with Gasteiger partial charge in [-0.1, -0.05) is 37.3 Å². The molecule has 0 saturated carbocycles. The van der Waals surface area contributed by atoms with Crippen LogP contribution in [0.15, 0.2) is 48.5 Å². The second-order valence-corrected chi connectivity index (χ2v) is 6.55. The molecule has 2 rings (SSSR count). The third kappa shape index (κ3) is 7.75. The molecule has 3 amide bonds. The summed E-state index contributed by atoms with van der Waals surface area (Å²) in [6, 6.07) is 14.1. The topological polar surface area (TPSA) is 114 Å². The average Bonchev–Trinajstić information content (AvgIpc) is 2.72. The van der Waals surface area contributed by atoms with E-state index in [0.717, 1.165) is 12.0 Å². The van der Waals surface area contributed by atoms with Crippen LogP contribution in [-0.4, -0.2) is 36.8 Å². The molecular formula is C22H25N3O5. The third-order valence-electron chi connectivity index (χ3n) is 4.11. The van der Waals surface area contributed by atoms with E-state index in [1.807, 2.05) is 25.1 Å². The molecule has 0 aliphatic heterocycles. The van der Waals surface area contributed by atoms with Gasteiger partial charge in [0.25, 0.3) is 5.91 Å². The van der Waals surface area contributed by atoms with Crippen molar-refractivity contribution in [3.8, 4) is 0 Å². The minimum atomic E-state index is -0.571. The van der Waals surface area contributed by atoms with E-state index in [4.69, 9.17) is 4.74 Å². The Morgan fingerprint density at radius 3 is 2.27 bits per heavy atom. The number of benzene rings is 2. The van der Waals surface area contributed by atoms with E-state index in [1.165, 1.54) is 6.92 Å². The normalized spacial score (nSPS) is 10.1. The summed E-state index contributed by atoms with van der Waals surface area (Å²) < 4.78 is 4.94. The van der Waals surface area contributed by atoms with Crippen LogP contribution in [0.4, 0.5) is 11.4 Å². The van der Waals surface area contributed by atoms with Gasteiger partial charge in [-0.3, -0.25) is 19.2 Å². The summed E-state index contributed by atoms with van der Waals surface area (Å²) in [6.07, 6.45) is 0.761. The van der Waals surface area contributed by atoms with Crippen LogP contribution in [0.2, 0.25) is 0 Å². The van der Waals surface area contributed by atoms with Gasteiger partial charge in [-0.05, 0) is 35.7 Å². The van der Waals surface area contributed by atoms with Crippen molar-refractivity contribution in [1.82, 2.24) is 5.32 Å². The van der Waals surface area contributed by atoms with Gasteiger partial charge in [0.15, 0.2) is 6.61 Å². The molecule has 0 aromatic heterocycles. The number of hydrogen-bond acceptors (Lipinski definition) is 5.